The van der Waals surface area contributed by atoms with Gasteiger partial charge in [-0.05, 0) is 12.1 Å². The van der Waals surface area contributed by atoms with E-state index < -0.39 is 0 Å². The summed E-state index contributed by atoms with van der Waals surface area (Å²) in [5.74, 6) is -0.335. The van der Waals surface area contributed by atoms with Crippen LogP contribution in [-0.2, 0) is 0 Å². The van der Waals surface area contributed by atoms with Crippen LogP contribution in [0.4, 0.5) is 5.69 Å². The maximum absolute atomic E-state index is 9.39. The second kappa shape index (κ2) is 3.45. The Morgan fingerprint density at radius 3 is 2.93 bits per heavy atom. The maximum Gasteiger partial charge on any atom is 0.178 e. The Bertz CT molecular complexity index is 537. The lowest BCUT2D eigenvalue weighted by atomic mass is 10.1. The minimum Gasteiger partial charge on any atom is -0.512 e. The zero-order valence-electron chi connectivity index (χ0n) is 7.75. The highest BCUT2D eigenvalue weighted by Gasteiger charge is 2.07. The molecule has 0 aliphatic heterocycles. The first-order chi connectivity index (χ1) is 7.22. The van der Waals surface area contributed by atoms with Crippen molar-refractivity contribution < 1.29 is 10.2 Å². The summed E-state index contributed by atoms with van der Waals surface area (Å²) in [6, 6.07) is 5.17. The minimum atomic E-state index is -0.335. The number of benzene rings is 1. The van der Waals surface area contributed by atoms with E-state index in [0.717, 1.165) is 5.39 Å². The molecular weight excluding hydrogens is 194 g/mol. The van der Waals surface area contributed by atoms with Gasteiger partial charge < -0.3 is 15.9 Å². The molecular formula is C10H9N3O2. The van der Waals surface area contributed by atoms with Crippen LogP contribution < -0.4 is 5.73 Å². The quantitative estimate of drug-likeness (QED) is 0.484. The number of nitrogens with zero attached hydrogens (tertiary/aromatic N) is 2. The number of nitrogen functional groups attached to an aromatic ring is 1. The summed E-state index contributed by atoms with van der Waals surface area (Å²) < 4.78 is 0. The number of aliphatic hydroxyl groups is 2. The molecule has 0 unspecified atom stereocenters. The normalized spacial score (nSPS) is 11.9. The van der Waals surface area contributed by atoms with Gasteiger partial charge in [0.15, 0.2) is 5.76 Å². The van der Waals surface area contributed by atoms with Gasteiger partial charge in [0.25, 0.3) is 0 Å². The van der Waals surface area contributed by atoms with Gasteiger partial charge in [0.05, 0.1) is 6.20 Å². The highest BCUT2D eigenvalue weighted by atomic mass is 16.3. The van der Waals surface area contributed by atoms with Crippen molar-refractivity contribution in [2.75, 3.05) is 5.73 Å². The summed E-state index contributed by atoms with van der Waals surface area (Å²) in [6.45, 7) is 0. The lowest BCUT2D eigenvalue weighted by Crippen LogP contribution is -1.95. The van der Waals surface area contributed by atoms with Gasteiger partial charge in [-0.1, -0.05) is 6.07 Å². The predicted octanol–water partition coefficient (Wildman–Crippen LogP) is 1.63. The Balaban J connectivity index is 2.79. The topological polar surface area (TPSA) is 92.3 Å². The van der Waals surface area contributed by atoms with E-state index in [9.17, 15) is 5.11 Å². The fraction of sp³-hybridized carbons (Fsp3) is 0. The molecule has 76 valence electrons. The molecule has 2 rings (SSSR count). The first-order valence-corrected chi connectivity index (χ1v) is 4.27. The van der Waals surface area contributed by atoms with E-state index in [4.69, 9.17) is 10.8 Å². The van der Waals surface area contributed by atoms with Crippen molar-refractivity contribution in [2.24, 2.45) is 0 Å². The predicted molar refractivity (Wildman–Crippen MR) is 57.2 cm³/mol. The number of aromatic nitrogens is 2. The van der Waals surface area contributed by atoms with E-state index in [2.05, 4.69) is 10.2 Å². The summed E-state index contributed by atoms with van der Waals surface area (Å²) in [5.41, 5.74) is 6.39. The number of aliphatic hydroxyl groups excluding tert-OH is 2. The number of fused-ring (bicyclic) bond motifs is 1. The van der Waals surface area contributed by atoms with Crippen molar-refractivity contribution in [1.29, 1.82) is 0 Å². The van der Waals surface area contributed by atoms with Crippen molar-refractivity contribution in [1.82, 2.24) is 10.2 Å². The van der Waals surface area contributed by atoms with Crippen LogP contribution >= 0.6 is 0 Å². The standard InChI is InChI=1S/C10H9N3O2/c11-7-2-1-6-4-12-13-10(8(6)3-7)9(15)5-14/h1-5,14-15H,11H2. The molecule has 5 heteroatoms. The molecule has 0 atom stereocenters. The molecule has 0 aliphatic carbocycles. The monoisotopic (exact) mass is 203 g/mol. The Morgan fingerprint density at radius 1 is 1.40 bits per heavy atom. The lowest BCUT2D eigenvalue weighted by Gasteiger charge is -2.03. The van der Waals surface area contributed by atoms with Gasteiger partial charge in [0.2, 0.25) is 0 Å². The highest BCUT2D eigenvalue weighted by molar-refractivity contribution is 5.91. The molecule has 0 fully saturated rings. The Morgan fingerprint density at radius 2 is 2.20 bits per heavy atom. The Hall–Kier alpha value is -2.30. The van der Waals surface area contributed by atoms with Crippen LogP contribution in [0.5, 0.6) is 0 Å². The Labute approximate surface area is 85.5 Å². The molecule has 0 spiro atoms. The largest absolute Gasteiger partial charge is 0.512 e. The van der Waals surface area contributed by atoms with Gasteiger partial charge in [-0.3, -0.25) is 0 Å². The van der Waals surface area contributed by atoms with E-state index in [0.29, 0.717) is 17.3 Å². The maximum atomic E-state index is 9.39. The van der Waals surface area contributed by atoms with E-state index in [1.807, 2.05) is 0 Å². The minimum absolute atomic E-state index is 0.210. The average Bonchev–Trinajstić information content (AvgIpc) is 2.27. The van der Waals surface area contributed by atoms with Crippen LogP contribution in [0.15, 0.2) is 30.7 Å². The fourth-order valence-electron chi connectivity index (χ4n) is 1.34. The molecule has 15 heavy (non-hydrogen) atoms. The first-order valence-electron chi connectivity index (χ1n) is 4.27. The van der Waals surface area contributed by atoms with Gasteiger partial charge in [-0.15, -0.1) is 5.10 Å². The third kappa shape index (κ3) is 1.54. The SMILES string of the molecule is Nc1ccc2cnnc(C(O)=CO)c2c1. The molecule has 2 aromatic rings. The molecule has 0 aliphatic rings. The molecule has 0 bridgehead atoms. The molecule has 1 aromatic heterocycles. The van der Waals surface area contributed by atoms with Gasteiger partial charge in [-0.2, -0.15) is 5.10 Å². The van der Waals surface area contributed by atoms with Gasteiger partial charge in [0.1, 0.15) is 12.0 Å². The zero-order chi connectivity index (χ0) is 10.8. The number of nitrogens with two attached hydrogens (primary N) is 1. The van der Waals surface area contributed by atoms with E-state index in [-0.39, 0.29) is 11.5 Å². The van der Waals surface area contributed by atoms with E-state index >= 15 is 0 Å². The van der Waals surface area contributed by atoms with Crippen LogP contribution in [0.3, 0.4) is 0 Å². The van der Waals surface area contributed by atoms with E-state index in [1.54, 1.807) is 24.4 Å². The highest BCUT2D eigenvalue weighted by Crippen LogP contribution is 2.22. The summed E-state index contributed by atoms with van der Waals surface area (Å²) in [6.07, 6.45) is 2.13. The van der Waals surface area contributed by atoms with Crippen LogP contribution in [0, 0.1) is 0 Å². The smallest absolute Gasteiger partial charge is 0.178 e. The van der Waals surface area contributed by atoms with E-state index in [1.165, 1.54) is 0 Å². The summed E-state index contributed by atoms with van der Waals surface area (Å²) in [4.78, 5) is 0. The number of hydrogen-bond acceptors (Lipinski definition) is 5. The summed E-state index contributed by atoms with van der Waals surface area (Å²) in [7, 11) is 0. The molecule has 1 aromatic carbocycles. The van der Waals surface area contributed by atoms with Crippen molar-refractivity contribution in [3.8, 4) is 0 Å². The zero-order valence-corrected chi connectivity index (χ0v) is 7.75. The van der Waals surface area contributed by atoms with Crippen LogP contribution in [-0.4, -0.2) is 20.4 Å². The van der Waals surface area contributed by atoms with Crippen molar-refractivity contribution in [3.05, 3.63) is 36.4 Å². The third-order valence-electron chi connectivity index (χ3n) is 2.05. The average molecular weight is 203 g/mol. The lowest BCUT2D eigenvalue weighted by molar-refractivity contribution is 0.430. The molecule has 0 saturated heterocycles. The van der Waals surface area contributed by atoms with Crippen molar-refractivity contribution >= 4 is 22.2 Å². The fourth-order valence-corrected chi connectivity index (χ4v) is 1.34. The summed E-state index contributed by atoms with van der Waals surface area (Å²) in [5, 5.41) is 27.0. The van der Waals surface area contributed by atoms with Gasteiger partial charge in [0, 0.05) is 16.5 Å². The molecule has 4 N–H and O–H groups in total. The van der Waals surface area contributed by atoms with Crippen molar-refractivity contribution in [3.63, 3.8) is 0 Å². The molecule has 0 radical (unpaired) electrons. The Kier molecular flexibility index (Phi) is 2.13. The second-order valence-corrected chi connectivity index (χ2v) is 3.05. The van der Waals surface area contributed by atoms with Gasteiger partial charge >= 0.3 is 0 Å². The molecule has 5 nitrogen and oxygen atoms in total. The third-order valence-corrected chi connectivity index (χ3v) is 2.05. The first kappa shape index (κ1) is 9.26. The van der Waals surface area contributed by atoms with Crippen LogP contribution in [0.2, 0.25) is 0 Å². The number of rotatable bonds is 1. The molecule has 0 amide bonds. The second-order valence-electron chi connectivity index (χ2n) is 3.05. The van der Waals surface area contributed by atoms with Crippen LogP contribution in [0.25, 0.3) is 16.5 Å². The summed E-state index contributed by atoms with van der Waals surface area (Å²) >= 11 is 0. The number of anilines is 1. The molecule has 1 heterocycles. The molecule has 0 saturated carbocycles. The van der Waals surface area contributed by atoms with Crippen molar-refractivity contribution in [2.45, 2.75) is 0 Å². The van der Waals surface area contributed by atoms with Gasteiger partial charge in [-0.25, -0.2) is 0 Å². The number of hydrogen-bond donors (Lipinski definition) is 3. The van der Waals surface area contributed by atoms with Crippen LogP contribution in [0.1, 0.15) is 5.69 Å².